The lowest BCUT2D eigenvalue weighted by Crippen LogP contribution is -2.41. The molecule has 1 aromatic heterocycles. The number of nitrogens with zero attached hydrogens (tertiary/aromatic N) is 4. The maximum absolute atomic E-state index is 13.9. The summed E-state index contributed by atoms with van der Waals surface area (Å²) in [6.07, 6.45) is -0.164. The number of alkyl halides is 4. The Labute approximate surface area is 169 Å². The Morgan fingerprint density at radius 1 is 1.39 bits per heavy atom. The summed E-state index contributed by atoms with van der Waals surface area (Å²) in [5.41, 5.74) is 6.82. The summed E-state index contributed by atoms with van der Waals surface area (Å²) < 4.78 is 57.3. The molecule has 2 heterocycles. The van der Waals surface area contributed by atoms with E-state index in [4.69, 9.17) is 5.73 Å². The van der Waals surface area contributed by atoms with Gasteiger partial charge in [-0.15, -0.1) is 30.9 Å². The minimum absolute atomic E-state index is 0.0211. The van der Waals surface area contributed by atoms with Gasteiger partial charge in [0.25, 0.3) is 0 Å². The van der Waals surface area contributed by atoms with Crippen molar-refractivity contribution in [1.29, 1.82) is 0 Å². The highest BCUT2D eigenvalue weighted by Gasteiger charge is 2.40. The van der Waals surface area contributed by atoms with Gasteiger partial charge in [0, 0.05) is 25.6 Å². The number of nitrogens with two attached hydrogens (primary N) is 1. The molecule has 154 valence electrons. The molecule has 1 aliphatic heterocycles. The zero-order valence-corrected chi connectivity index (χ0v) is 17.1. The molecule has 1 amide bonds. The first kappa shape index (κ1) is 21.1. The summed E-state index contributed by atoms with van der Waals surface area (Å²) in [6, 6.07) is -0.501. The van der Waals surface area contributed by atoms with E-state index < -0.39 is 38.8 Å². The number of allylic oxidation sites excluding steroid dienone is 3. The van der Waals surface area contributed by atoms with E-state index in [0.29, 0.717) is 12.8 Å². The van der Waals surface area contributed by atoms with E-state index in [-0.39, 0.29) is 47.5 Å². The molecule has 2 aliphatic rings. The van der Waals surface area contributed by atoms with E-state index in [0.717, 1.165) is 10.1 Å². The second-order valence-corrected chi connectivity index (χ2v) is 9.12. The number of hydrogen-bond donors (Lipinski definition) is 1. The smallest absolute Gasteiger partial charge is 0.333 e. The van der Waals surface area contributed by atoms with Crippen molar-refractivity contribution in [2.75, 3.05) is 6.54 Å². The second kappa shape index (κ2) is 8.39. The van der Waals surface area contributed by atoms with Crippen LogP contribution in [-0.2, 0) is 24.1 Å². The second-order valence-electron chi connectivity index (χ2n) is 6.74. The van der Waals surface area contributed by atoms with Gasteiger partial charge in [-0.25, -0.2) is 4.39 Å². The highest BCUT2D eigenvalue weighted by Crippen LogP contribution is 2.31. The highest BCUT2D eigenvalue weighted by molar-refractivity contribution is 14.2. The van der Waals surface area contributed by atoms with Crippen LogP contribution in [0.1, 0.15) is 30.9 Å². The quantitative estimate of drug-likeness (QED) is 0.374. The lowest BCUT2D eigenvalue weighted by molar-refractivity contribution is -0.148. The Kier molecular flexibility index (Phi) is 6.32. The van der Waals surface area contributed by atoms with Crippen molar-refractivity contribution in [3.05, 3.63) is 35.2 Å². The standard InChI is InChI=1S/C17H20F4IN5O/c1-22-13-3-2-10(7-12(13)18)6-11(23)8-15(28)26-4-5-27-14(9-26)24-25-16(27)17(19,20)21/h2,7,11,13H,1,3-6,8-9,23H2/t11-,13?/m1/s1. The van der Waals surface area contributed by atoms with E-state index in [1.807, 2.05) is 6.08 Å². The molecule has 0 aromatic carbocycles. The van der Waals surface area contributed by atoms with Gasteiger partial charge in [-0.3, -0.25) is 4.79 Å². The van der Waals surface area contributed by atoms with Gasteiger partial charge in [0.15, 0.2) is 5.82 Å². The zero-order valence-electron chi connectivity index (χ0n) is 14.9. The third-order valence-electron chi connectivity index (χ3n) is 4.69. The van der Waals surface area contributed by atoms with Gasteiger partial charge in [-0.2, -0.15) is 13.2 Å². The van der Waals surface area contributed by atoms with Crippen LogP contribution in [0.3, 0.4) is 0 Å². The van der Waals surface area contributed by atoms with Crippen molar-refractivity contribution in [2.45, 2.75) is 48.5 Å². The molecule has 0 saturated heterocycles. The predicted octanol–water partition coefficient (Wildman–Crippen LogP) is 2.70. The summed E-state index contributed by atoms with van der Waals surface area (Å²) in [4.78, 5) is 13.9. The average molecular weight is 513 g/mol. The van der Waals surface area contributed by atoms with Crippen molar-refractivity contribution in [2.24, 2.45) is 5.73 Å². The van der Waals surface area contributed by atoms with Gasteiger partial charge in [-0.05, 0) is 24.5 Å². The molecule has 1 aliphatic carbocycles. The Balaban J connectivity index is 1.56. The maximum Gasteiger partial charge on any atom is 0.451 e. The largest absolute Gasteiger partial charge is 0.451 e. The summed E-state index contributed by atoms with van der Waals surface area (Å²) in [7, 11) is 0. The number of amides is 1. The van der Waals surface area contributed by atoms with Crippen LogP contribution in [0.15, 0.2) is 23.6 Å². The third kappa shape index (κ3) is 4.67. The molecule has 0 radical (unpaired) electrons. The van der Waals surface area contributed by atoms with E-state index in [1.165, 1.54) is 11.0 Å². The Morgan fingerprint density at radius 2 is 2.14 bits per heavy atom. The molecule has 1 unspecified atom stereocenters. The first-order valence-electron chi connectivity index (χ1n) is 8.64. The fraction of sp³-hybridized carbons (Fsp3) is 0.529. The minimum atomic E-state index is -4.58. The number of carbonyl (C=O) groups excluding carboxylic acids is 1. The third-order valence-corrected chi connectivity index (χ3v) is 6.86. The number of halogens is 5. The molecule has 3 rings (SSSR count). The average Bonchev–Trinajstić information content (AvgIpc) is 3.05. The molecule has 0 spiro atoms. The van der Waals surface area contributed by atoms with Crippen LogP contribution in [0.25, 0.3) is 0 Å². The number of fused-ring (bicyclic) bond motifs is 1. The molecule has 2 N–H and O–H groups in total. The van der Waals surface area contributed by atoms with Crippen molar-refractivity contribution in [1.82, 2.24) is 19.7 Å². The van der Waals surface area contributed by atoms with E-state index in [9.17, 15) is 22.4 Å². The van der Waals surface area contributed by atoms with Gasteiger partial charge >= 0.3 is 6.18 Å². The fourth-order valence-corrected chi connectivity index (χ4v) is 4.50. The van der Waals surface area contributed by atoms with Crippen LogP contribution in [0, 0.1) is 0 Å². The number of rotatable bonds is 5. The first-order chi connectivity index (χ1) is 13.2. The van der Waals surface area contributed by atoms with Crippen LogP contribution in [0.5, 0.6) is 0 Å². The van der Waals surface area contributed by atoms with Gasteiger partial charge < -0.3 is 15.2 Å². The maximum atomic E-state index is 13.9. The predicted molar refractivity (Wildman–Crippen MR) is 104 cm³/mol. The number of carbonyl (C=O) groups is 1. The fourth-order valence-electron chi connectivity index (χ4n) is 3.28. The molecule has 6 nitrogen and oxygen atoms in total. The van der Waals surface area contributed by atoms with E-state index in [2.05, 4.69) is 14.7 Å². The van der Waals surface area contributed by atoms with Crippen LogP contribution < -0.4 is 5.73 Å². The van der Waals surface area contributed by atoms with Gasteiger partial charge in [-0.1, -0.05) is 10.6 Å². The Morgan fingerprint density at radius 3 is 2.79 bits per heavy atom. The van der Waals surface area contributed by atoms with E-state index in [1.54, 1.807) is 0 Å². The highest BCUT2D eigenvalue weighted by atomic mass is 127. The number of hydrogen-bond acceptors (Lipinski definition) is 4. The molecule has 0 bridgehead atoms. The van der Waals surface area contributed by atoms with Crippen LogP contribution >= 0.6 is 20.7 Å². The summed E-state index contributed by atoms with van der Waals surface area (Å²) >= 11 is -0.459. The summed E-state index contributed by atoms with van der Waals surface area (Å²) in [5.74, 6) is -1.39. The normalized spacial score (nSPS) is 21.0. The van der Waals surface area contributed by atoms with Crippen molar-refractivity contribution in [3.63, 3.8) is 0 Å². The SMILES string of the molecule is C=IC1CC=C(C[C@@H](N)CC(=O)N2CCn3c(nnc3C(F)(F)F)C2)C=C1F. The summed E-state index contributed by atoms with van der Waals surface area (Å²) in [5, 5.41) is 6.75. The summed E-state index contributed by atoms with van der Waals surface area (Å²) in [6.45, 7) is 0.0687. The molecular weight excluding hydrogens is 493 g/mol. The minimum Gasteiger partial charge on any atom is -0.333 e. The van der Waals surface area contributed by atoms with Crippen molar-refractivity contribution in [3.8, 4) is 0 Å². The van der Waals surface area contributed by atoms with Crippen LogP contribution in [0.2, 0.25) is 0 Å². The molecule has 2 atom stereocenters. The molecule has 0 fully saturated rings. The van der Waals surface area contributed by atoms with Gasteiger partial charge in [0.1, 0.15) is 5.83 Å². The van der Waals surface area contributed by atoms with Crippen molar-refractivity contribution >= 4 is 31.2 Å². The monoisotopic (exact) mass is 513 g/mol. The molecule has 11 heteroatoms. The van der Waals surface area contributed by atoms with Crippen molar-refractivity contribution < 1.29 is 22.4 Å². The molecular formula is C17H20F4IN5O. The molecule has 0 saturated carbocycles. The first-order valence-corrected chi connectivity index (χ1v) is 11.4. The van der Waals surface area contributed by atoms with Crippen LogP contribution in [-0.4, -0.2) is 46.6 Å². The Hall–Kier alpha value is -1.63. The topological polar surface area (TPSA) is 77.0 Å². The molecule has 1 aromatic rings. The number of aromatic nitrogens is 3. The Bertz CT molecular complexity index is 832. The van der Waals surface area contributed by atoms with Gasteiger partial charge in [0.2, 0.25) is 11.7 Å². The lowest BCUT2D eigenvalue weighted by atomic mass is 9.98. The van der Waals surface area contributed by atoms with Gasteiger partial charge in [0.05, 0.1) is 10.5 Å². The zero-order chi connectivity index (χ0) is 20.5. The lowest BCUT2D eigenvalue weighted by Gasteiger charge is -2.29. The molecule has 28 heavy (non-hydrogen) atoms. The van der Waals surface area contributed by atoms with E-state index >= 15 is 0 Å². The van der Waals surface area contributed by atoms with Crippen LogP contribution in [0.4, 0.5) is 17.6 Å².